The summed E-state index contributed by atoms with van der Waals surface area (Å²) in [4.78, 5) is 17.7. The summed E-state index contributed by atoms with van der Waals surface area (Å²) in [6, 6.07) is 8.56. The lowest BCUT2D eigenvalue weighted by molar-refractivity contribution is -0.136. The molecule has 0 bridgehead atoms. The molecule has 4 rings (SSSR count). The first-order chi connectivity index (χ1) is 16.8. The van der Waals surface area contributed by atoms with Gasteiger partial charge in [0, 0.05) is 38.2 Å². The van der Waals surface area contributed by atoms with Gasteiger partial charge in [-0.15, -0.1) is 0 Å². The van der Waals surface area contributed by atoms with Crippen LogP contribution in [0.3, 0.4) is 0 Å². The van der Waals surface area contributed by atoms with Crippen molar-refractivity contribution in [2.45, 2.75) is 39.8 Å². The van der Waals surface area contributed by atoms with Crippen LogP contribution in [0.5, 0.6) is 17.2 Å². The number of methoxy groups -OCH3 is 1. The van der Waals surface area contributed by atoms with E-state index in [0.717, 1.165) is 24.9 Å². The van der Waals surface area contributed by atoms with Crippen LogP contribution in [0.25, 0.3) is 0 Å². The van der Waals surface area contributed by atoms with Crippen molar-refractivity contribution in [1.29, 1.82) is 0 Å². The fraction of sp³-hybridized carbons (Fsp3) is 0.519. The zero-order chi connectivity index (χ0) is 24.9. The Labute approximate surface area is 211 Å². The SMILES string of the molecule is COc1ccc(F)c(CN2CC[C@@H](C(=O)N(Cc3cc(Cl)c4c(c3)OCCCO4)CC(C)C)C2)c1. The van der Waals surface area contributed by atoms with Crippen molar-refractivity contribution in [3.63, 3.8) is 0 Å². The molecule has 6 nitrogen and oxygen atoms in total. The van der Waals surface area contributed by atoms with Gasteiger partial charge in [-0.1, -0.05) is 25.4 Å². The summed E-state index contributed by atoms with van der Waals surface area (Å²) in [7, 11) is 1.57. The predicted octanol–water partition coefficient (Wildman–Crippen LogP) is 5.16. The van der Waals surface area contributed by atoms with Crippen molar-refractivity contribution in [3.05, 3.63) is 52.3 Å². The lowest BCUT2D eigenvalue weighted by Crippen LogP contribution is -2.39. The monoisotopic (exact) mass is 504 g/mol. The molecule has 2 heterocycles. The number of benzene rings is 2. The summed E-state index contributed by atoms with van der Waals surface area (Å²) in [5.74, 6) is 1.89. The molecule has 190 valence electrons. The molecule has 8 heteroatoms. The number of hydrogen-bond donors (Lipinski definition) is 0. The highest BCUT2D eigenvalue weighted by Crippen LogP contribution is 2.38. The van der Waals surface area contributed by atoms with E-state index in [1.54, 1.807) is 19.2 Å². The number of rotatable bonds is 8. The van der Waals surface area contributed by atoms with Gasteiger partial charge < -0.3 is 19.1 Å². The molecular formula is C27H34ClFN2O4. The summed E-state index contributed by atoms with van der Waals surface area (Å²) in [6.45, 7) is 8.26. The molecule has 2 aromatic carbocycles. The highest BCUT2D eigenvalue weighted by atomic mass is 35.5. The van der Waals surface area contributed by atoms with Gasteiger partial charge in [0.25, 0.3) is 0 Å². The van der Waals surface area contributed by atoms with Crippen LogP contribution in [0.2, 0.25) is 5.02 Å². The number of halogens is 2. The maximum Gasteiger partial charge on any atom is 0.227 e. The van der Waals surface area contributed by atoms with E-state index >= 15 is 0 Å². The minimum absolute atomic E-state index is 0.121. The summed E-state index contributed by atoms with van der Waals surface area (Å²) < 4.78 is 31.1. The second-order valence-electron chi connectivity index (χ2n) is 9.75. The third-order valence-electron chi connectivity index (χ3n) is 6.40. The fourth-order valence-electron chi connectivity index (χ4n) is 4.75. The molecule has 0 aromatic heterocycles. The first kappa shape index (κ1) is 25.6. The van der Waals surface area contributed by atoms with E-state index in [4.69, 9.17) is 25.8 Å². The third-order valence-corrected chi connectivity index (χ3v) is 6.68. The Hall–Kier alpha value is -2.51. The number of ether oxygens (including phenoxy) is 3. The lowest BCUT2D eigenvalue weighted by Gasteiger charge is -2.28. The Morgan fingerprint density at radius 1 is 1.26 bits per heavy atom. The molecule has 0 saturated carbocycles. The van der Waals surface area contributed by atoms with E-state index in [0.29, 0.717) is 73.1 Å². The van der Waals surface area contributed by atoms with E-state index in [1.165, 1.54) is 6.07 Å². The quantitative estimate of drug-likeness (QED) is 0.497. The average Bonchev–Trinajstić information content (AvgIpc) is 3.15. The molecule has 1 saturated heterocycles. The number of amides is 1. The van der Waals surface area contributed by atoms with Crippen molar-refractivity contribution < 1.29 is 23.4 Å². The summed E-state index contributed by atoms with van der Waals surface area (Å²) >= 11 is 6.49. The minimum Gasteiger partial charge on any atom is -0.497 e. The topological polar surface area (TPSA) is 51.2 Å². The molecule has 1 amide bonds. The zero-order valence-electron chi connectivity index (χ0n) is 20.7. The van der Waals surface area contributed by atoms with Crippen molar-refractivity contribution in [2.75, 3.05) is 40.0 Å². The van der Waals surface area contributed by atoms with Gasteiger partial charge in [-0.25, -0.2) is 4.39 Å². The minimum atomic E-state index is -0.256. The molecule has 2 aliphatic heterocycles. The first-order valence-electron chi connectivity index (χ1n) is 12.3. The van der Waals surface area contributed by atoms with Gasteiger partial charge in [-0.05, 0) is 54.8 Å². The van der Waals surface area contributed by atoms with Crippen LogP contribution in [0.4, 0.5) is 4.39 Å². The number of carbonyl (C=O) groups excluding carboxylic acids is 1. The van der Waals surface area contributed by atoms with E-state index in [9.17, 15) is 9.18 Å². The summed E-state index contributed by atoms with van der Waals surface area (Å²) in [5.41, 5.74) is 1.50. The molecule has 2 aromatic rings. The second kappa shape index (κ2) is 11.5. The second-order valence-corrected chi connectivity index (χ2v) is 10.2. The highest BCUT2D eigenvalue weighted by molar-refractivity contribution is 6.32. The largest absolute Gasteiger partial charge is 0.497 e. The lowest BCUT2D eigenvalue weighted by atomic mass is 10.0. The number of likely N-dealkylation sites (tertiary alicyclic amines) is 1. The van der Waals surface area contributed by atoms with Crippen LogP contribution in [0.1, 0.15) is 37.8 Å². The number of hydrogen-bond acceptors (Lipinski definition) is 5. The molecule has 2 aliphatic rings. The number of carbonyl (C=O) groups is 1. The molecule has 0 N–H and O–H groups in total. The van der Waals surface area contributed by atoms with Crippen LogP contribution in [0, 0.1) is 17.7 Å². The maximum atomic E-state index is 14.3. The molecule has 35 heavy (non-hydrogen) atoms. The maximum absolute atomic E-state index is 14.3. The van der Waals surface area contributed by atoms with Crippen molar-refractivity contribution >= 4 is 17.5 Å². The average molecular weight is 505 g/mol. The predicted molar refractivity (Wildman–Crippen MR) is 134 cm³/mol. The van der Waals surface area contributed by atoms with Crippen LogP contribution in [-0.4, -0.2) is 55.7 Å². The van der Waals surface area contributed by atoms with E-state index < -0.39 is 0 Å². The Morgan fingerprint density at radius 2 is 2.06 bits per heavy atom. The van der Waals surface area contributed by atoms with Gasteiger partial charge >= 0.3 is 0 Å². The number of nitrogens with zero attached hydrogens (tertiary/aromatic N) is 2. The smallest absolute Gasteiger partial charge is 0.227 e. The molecule has 0 radical (unpaired) electrons. The van der Waals surface area contributed by atoms with Gasteiger partial charge in [0.05, 0.1) is 31.3 Å². The molecule has 0 unspecified atom stereocenters. The molecule has 0 aliphatic carbocycles. The molecule has 1 atom stereocenters. The van der Waals surface area contributed by atoms with Crippen molar-refractivity contribution in [1.82, 2.24) is 9.80 Å². The summed E-state index contributed by atoms with van der Waals surface area (Å²) in [5, 5.41) is 0.503. The Balaban J connectivity index is 1.45. The fourth-order valence-corrected chi connectivity index (χ4v) is 5.03. The van der Waals surface area contributed by atoms with Gasteiger partial charge in [-0.3, -0.25) is 9.69 Å². The molecular weight excluding hydrogens is 471 g/mol. The normalized spacial score (nSPS) is 17.9. The van der Waals surface area contributed by atoms with Crippen LogP contribution < -0.4 is 14.2 Å². The van der Waals surface area contributed by atoms with Crippen molar-refractivity contribution in [3.8, 4) is 17.2 Å². The van der Waals surface area contributed by atoms with Crippen molar-refractivity contribution in [2.24, 2.45) is 11.8 Å². The zero-order valence-corrected chi connectivity index (χ0v) is 21.4. The standard InChI is InChI=1S/C27H34ClFN2O4/c1-18(2)14-31(15-19-11-23(28)26-25(12-19)34-9-4-10-35-26)27(32)20-7-8-30(16-20)17-21-13-22(33-3)5-6-24(21)29/h5-6,11-13,18,20H,4,7-10,14-17H2,1-3H3/t20-/m1/s1. The van der Waals surface area contributed by atoms with Gasteiger partial charge in [0.1, 0.15) is 11.6 Å². The Kier molecular flexibility index (Phi) is 8.39. The van der Waals surface area contributed by atoms with Crippen LogP contribution >= 0.6 is 11.6 Å². The highest BCUT2D eigenvalue weighted by Gasteiger charge is 2.32. The van der Waals surface area contributed by atoms with Gasteiger partial charge in [0.15, 0.2) is 11.5 Å². The first-order valence-corrected chi connectivity index (χ1v) is 12.6. The molecule has 1 fully saturated rings. The summed E-state index contributed by atoms with van der Waals surface area (Å²) in [6.07, 6.45) is 1.55. The van der Waals surface area contributed by atoms with E-state index in [-0.39, 0.29) is 17.6 Å². The van der Waals surface area contributed by atoms with Gasteiger partial charge in [0.2, 0.25) is 5.91 Å². The van der Waals surface area contributed by atoms with E-state index in [2.05, 4.69) is 18.7 Å². The third kappa shape index (κ3) is 6.39. The van der Waals surface area contributed by atoms with Crippen LogP contribution in [0.15, 0.2) is 30.3 Å². The number of fused-ring (bicyclic) bond motifs is 1. The Morgan fingerprint density at radius 3 is 2.83 bits per heavy atom. The van der Waals surface area contributed by atoms with E-state index in [1.807, 2.05) is 17.0 Å². The van der Waals surface area contributed by atoms with Crippen LogP contribution in [-0.2, 0) is 17.9 Å². The Bertz CT molecular complexity index is 1050. The molecule has 0 spiro atoms. The van der Waals surface area contributed by atoms with Gasteiger partial charge in [-0.2, -0.15) is 0 Å².